The molecule has 2 nitrogen and oxygen atoms in total. The van der Waals surface area contributed by atoms with Crippen LogP contribution < -0.4 is 9.80 Å². The predicted octanol–water partition coefficient (Wildman–Crippen LogP) is 24.8. The molecule has 0 unspecified atom stereocenters. The first kappa shape index (κ1) is 56.9. The number of nitrogens with zero attached hydrogens (tertiary/aromatic N) is 2. The van der Waals surface area contributed by atoms with Gasteiger partial charge in [0.25, 0.3) is 0 Å². The Morgan fingerprint density at radius 1 is 0.219 bits per heavy atom. The lowest BCUT2D eigenvalue weighted by molar-refractivity contribution is 0.768. The summed E-state index contributed by atoms with van der Waals surface area (Å²) < 4.78 is 0. The van der Waals surface area contributed by atoms with Gasteiger partial charge >= 0.3 is 0 Å². The molecule has 2 aliphatic carbocycles. The third-order valence-electron chi connectivity index (χ3n) is 21.3. The van der Waals surface area contributed by atoms with Crippen molar-refractivity contribution in [3.8, 4) is 44.5 Å². The third kappa shape index (κ3) is 8.38. The number of para-hydroxylation sites is 2. The lowest BCUT2D eigenvalue weighted by Gasteiger charge is -2.35. The SMILES string of the molecule is Cc1cccc(C)c1N(c1ccc(C2(c3ccccc3)c3ccccc3-c3ccccc32)cc1)c1cc(-c2ccccc2)c2ccc3c(N(c4ccc(C5(c6ccccc6)c6ccccc6-c6ccccc65)cc4)c4c(C)cccc4C)cc(-c4ccccc4)c4ccc1c2c43. The predicted molar refractivity (Wildman–Crippen MR) is 404 cm³/mol. The molecule has 0 atom stereocenters. The average molecular weight is 1230 g/mol. The molecular formula is C94H68N2. The van der Waals surface area contributed by atoms with E-state index in [1.54, 1.807) is 0 Å². The third-order valence-corrected chi connectivity index (χ3v) is 21.3. The van der Waals surface area contributed by atoms with Gasteiger partial charge in [-0.25, -0.2) is 0 Å². The summed E-state index contributed by atoms with van der Waals surface area (Å²) in [6, 6.07) is 128. The molecule has 0 amide bonds. The molecule has 2 aliphatic rings. The van der Waals surface area contributed by atoms with Gasteiger partial charge in [-0.15, -0.1) is 0 Å². The molecule has 16 aromatic rings. The lowest BCUT2D eigenvalue weighted by atomic mass is 9.67. The monoisotopic (exact) mass is 1220 g/mol. The van der Waals surface area contributed by atoms with Gasteiger partial charge < -0.3 is 9.80 Å². The number of hydrogen-bond acceptors (Lipinski definition) is 2. The quantitative estimate of drug-likeness (QED) is 0.113. The minimum atomic E-state index is -0.538. The summed E-state index contributed by atoms with van der Waals surface area (Å²) in [4.78, 5) is 5.15. The molecule has 18 rings (SSSR count). The van der Waals surface area contributed by atoms with E-state index in [0.29, 0.717) is 0 Å². The smallest absolute Gasteiger partial charge is 0.0713 e. The molecule has 96 heavy (non-hydrogen) atoms. The maximum absolute atomic E-state index is 2.57. The highest BCUT2D eigenvalue weighted by atomic mass is 15.2. The zero-order chi connectivity index (χ0) is 64.2. The van der Waals surface area contributed by atoms with Crippen LogP contribution in [0.3, 0.4) is 0 Å². The number of hydrogen-bond donors (Lipinski definition) is 0. The molecule has 0 radical (unpaired) electrons. The topological polar surface area (TPSA) is 6.48 Å². The van der Waals surface area contributed by atoms with Gasteiger partial charge in [-0.3, -0.25) is 0 Å². The van der Waals surface area contributed by atoms with Crippen molar-refractivity contribution >= 4 is 66.4 Å². The summed E-state index contributed by atoms with van der Waals surface area (Å²) in [5.74, 6) is 0. The second-order valence-corrected chi connectivity index (χ2v) is 26.3. The highest BCUT2D eigenvalue weighted by Crippen LogP contribution is 2.60. The summed E-state index contributed by atoms with van der Waals surface area (Å²) in [5, 5.41) is 7.24. The van der Waals surface area contributed by atoms with Crippen LogP contribution >= 0.6 is 0 Å². The maximum Gasteiger partial charge on any atom is 0.0713 e. The van der Waals surface area contributed by atoms with Gasteiger partial charge in [0, 0.05) is 32.9 Å². The second kappa shape index (κ2) is 22.4. The molecule has 0 saturated carbocycles. The molecule has 0 spiro atoms. The van der Waals surface area contributed by atoms with Gasteiger partial charge in [0.2, 0.25) is 0 Å². The van der Waals surface area contributed by atoms with E-state index in [2.05, 4.69) is 377 Å². The Balaban J connectivity index is 0.903. The van der Waals surface area contributed by atoms with Crippen LogP contribution in [-0.2, 0) is 10.8 Å². The Hall–Kier alpha value is -11.8. The molecule has 0 bridgehead atoms. The molecule has 0 saturated heterocycles. The largest absolute Gasteiger partial charge is 0.309 e. The van der Waals surface area contributed by atoms with Crippen LogP contribution in [0.5, 0.6) is 0 Å². The van der Waals surface area contributed by atoms with Crippen molar-refractivity contribution in [2.24, 2.45) is 0 Å². The van der Waals surface area contributed by atoms with Gasteiger partial charge in [0.05, 0.1) is 33.6 Å². The molecule has 0 fully saturated rings. The van der Waals surface area contributed by atoms with Gasteiger partial charge in [0.15, 0.2) is 0 Å². The van der Waals surface area contributed by atoms with Crippen LogP contribution in [0, 0.1) is 27.7 Å². The zero-order valence-corrected chi connectivity index (χ0v) is 54.2. The Bertz CT molecular complexity index is 5190. The Kier molecular flexibility index (Phi) is 13.3. The van der Waals surface area contributed by atoms with Crippen molar-refractivity contribution in [1.29, 1.82) is 0 Å². The van der Waals surface area contributed by atoms with E-state index in [-0.39, 0.29) is 0 Å². The van der Waals surface area contributed by atoms with Crippen LogP contribution in [-0.4, -0.2) is 0 Å². The summed E-state index contributed by atoms with van der Waals surface area (Å²) >= 11 is 0. The number of rotatable bonds is 12. The number of aryl methyl sites for hydroxylation is 4. The van der Waals surface area contributed by atoms with Crippen LogP contribution in [0.2, 0.25) is 0 Å². The number of fused-ring (bicyclic) bond motifs is 6. The van der Waals surface area contributed by atoms with E-state index in [0.717, 1.165) is 22.7 Å². The fraction of sp³-hybridized carbons (Fsp3) is 0.0638. The van der Waals surface area contributed by atoms with Crippen molar-refractivity contribution < 1.29 is 0 Å². The van der Waals surface area contributed by atoms with Crippen LogP contribution in [0.1, 0.15) is 66.8 Å². The molecule has 454 valence electrons. The highest BCUT2D eigenvalue weighted by Gasteiger charge is 2.47. The van der Waals surface area contributed by atoms with E-state index in [1.165, 1.54) is 155 Å². The normalized spacial score (nSPS) is 13.2. The van der Waals surface area contributed by atoms with Crippen molar-refractivity contribution in [1.82, 2.24) is 0 Å². The molecule has 0 N–H and O–H groups in total. The molecular weight excluding hydrogens is 1160 g/mol. The van der Waals surface area contributed by atoms with Gasteiger partial charge in [-0.05, 0) is 186 Å². The summed E-state index contributed by atoms with van der Waals surface area (Å²) in [6.07, 6.45) is 0. The first-order valence-corrected chi connectivity index (χ1v) is 33.7. The van der Waals surface area contributed by atoms with E-state index >= 15 is 0 Å². The zero-order valence-electron chi connectivity index (χ0n) is 54.2. The number of benzene rings is 16. The van der Waals surface area contributed by atoms with E-state index in [4.69, 9.17) is 0 Å². The summed E-state index contributed by atoms with van der Waals surface area (Å²) in [7, 11) is 0. The lowest BCUT2D eigenvalue weighted by Crippen LogP contribution is -2.28. The molecule has 0 aliphatic heterocycles. The summed E-state index contributed by atoms with van der Waals surface area (Å²) in [6.45, 7) is 9.09. The fourth-order valence-corrected chi connectivity index (χ4v) is 17.3. The van der Waals surface area contributed by atoms with Crippen LogP contribution in [0.15, 0.2) is 340 Å². The van der Waals surface area contributed by atoms with Crippen molar-refractivity contribution in [3.05, 3.63) is 406 Å². The van der Waals surface area contributed by atoms with Crippen molar-refractivity contribution in [3.63, 3.8) is 0 Å². The molecule has 0 aromatic heterocycles. The van der Waals surface area contributed by atoms with Gasteiger partial charge in [0.1, 0.15) is 0 Å². The molecule has 2 heteroatoms. The standard InChI is InChI=1S/C94H68N2/c1-61-27-25-28-62(2)91(61)95(71-51-47-69(48-52-71)93(67-35-13-7-14-36-67)83-43-21-17-39-73(83)74-40-18-22-44-84(74)93)87-59-81(65-31-9-5-10-32-65)77-56-58-80-88(60-82(66-33-11-6-12-34-66)78-55-57-79(87)89(77)90(78)80)96(92-63(3)29-26-30-64(92)4)72-53-49-70(50-54-72)94(68-37-15-8-16-38-68)85-45-23-19-41-75(85)76-42-20-24-46-86(76)94/h5-60H,1-4H3. The minimum Gasteiger partial charge on any atom is -0.309 e. The van der Waals surface area contributed by atoms with E-state index in [1.807, 2.05) is 0 Å². The fourth-order valence-electron chi connectivity index (χ4n) is 17.3. The first-order chi connectivity index (χ1) is 47.3. The van der Waals surface area contributed by atoms with E-state index in [9.17, 15) is 0 Å². The van der Waals surface area contributed by atoms with Gasteiger partial charge in [-0.2, -0.15) is 0 Å². The highest BCUT2D eigenvalue weighted by molar-refractivity contribution is 6.32. The van der Waals surface area contributed by atoms with Crippen LogP contribution in [0.25, 0.3) is 76.8 Å². The van der Waals surface area contributed by atoms with Gasteiger partial charge in [-0.1, -0.05) is 303 Å². The van der Waals surface area contributed by atoms with Crippen LogP contribution in [0.4, 0.5) is 34.1 Å². The Morgan fingerprint density at radius 3 is 0.812 bits per heavy atom. The van der Waals surface area contributed by atoms with Crippen molar-refractivity contribution in [2.45, 2.75) is 38.5 Å². The van der Waals surface area contributed by atoms with Crippen molar-refractivity contribution in [2.75, 3.05) is 9.80 Å². The average Bonchev–Trinajstić information content (AvgIpc) is 1.22. The maximum atomic E-state index is 2.57. The molecule has 16 aromatic carbocycles. The summed E-state index contributed by atoms with van der Waals surface area (Å²) in [5.41, 5.74) is 30.4. The Morgan fingerprint density at radius 2 is 0.490 bits per heavy atom. The molecule has 0 heterocycles. The Labute approximate surface area is 562 Å². The first-order valence-electron chi connectivity index (χ1n) is 33.7. The van der Waals surface area contributed by atoms with E-state index < -0.39 is 10.8 Å². The minimum absolute atomic E-state index is 0.538. The number of anilines is 6. The second-order valence-electron chi connectivity index (χ2n) is 26.3.